The van der Waals surface area contributed by atoms with Gasteiger partial charge in [-0.2, -0.15) is 0 Å². The van der Waals surface area contributed by atoms with E-state index in [2.05, 4.69) is 45.0 Å². The van der Waals surface area contributed by atoms with Crippen molar-refractivity contribution >= 4 is 41.3 Å². The summed E-state index contributed by atoms with van der Waals surface area (Å²) in [6, 6.07) is 5.33. The van der Waals surface area contributed by atoms with Crippen LogP contribution in [-0.2, 0) is 4.74 Å². The summed E-state index contributed by atoms with van der Waals surface area (Å²) < 4.78 is 5.53. The zero-order valence-corrected chi connectivity index (χ0v) is 19.1. The molecule has 0 aromatic carbocycles. The van der Waals surface area contributed by atoms with Gasteiger partial charge in [0.1, 0.15) is 0 Å². The smallest absolute Gasteiger partial charge is 0.191 e. The maximum absolute atomic E-state index is 5.53. The first kappa shape index (κ1) is 21.9. The molecule has 2 fully saturated rings. The Morgan fingerprint density at radius 3 is 2.65 bits per heavy atom. The molecule has 1 aromatic heterocycles. The molecule has 0 radical (unpaired) electrons. The third kappa shape index (κ3) is 6.35. The van der Waals surface area contributed by atoms with Gasteiger partial charge in [-0.1, -0.05) is 13.0 Å². The van der Waals surface area contributed by atoms with Crippen molar-refractivity contribution in [3.63, 3.8) is 0 Å². The first-order valence-electron chi connectivity index (χ1n) is 9.58. The van der Waals surface area contributed by atoms with Crippen molar-refractivity contribution < 1.29 is 4.74 Å². The van der Waals surface area contributed by atoms with Crippen molar-refractivity contribution in [3.8, 4) is 0 Å². The fourth-order valence-corrected chi connectivity index (χ4v) is 4.63. The van der Waals surface area contributed by atoms with Crippen LogP contribution >= 0.6 is 35.3 Å². The number of aliphatic imine (C=N–C) groups is 1. The number of morpholine rings is 1. The molecule has 2 heterocycles. The van der Waals surface area contributed by atoms with Gasteiger partial charge in [-0.3, -0.25) is 9.89 Å². The molecule has 5 nitrogen and oxygen atoms in total. The van der Waals surface area contributed by atoms with E-state index in [0.717, 1.165) is 44.7 Å². The molecule has 1 atom stereocenters. The topological polar surface area (TPSA) is 48.9 Å². The Labute approximate surface area is 179 Å². The number of hydrogen-bond acceptors (Lipinski definition) is 4. The second-order valence-corrected chi connectivity index (χ2v) is 8.21. The molecule has 1 saturated carbocycles. The van der Waals surface area contributed by atoms with Crippen LogP contribution in [0.1, 0.15) is 43.5 Å². The van der Waals surface area contributed by atoms with Crippen LogP contribution in [-0.4, -0.2) is 56.8 Å². The molecular weight excluding hydrogens is 459 g/mol. The van der Waals surface area contributed by atoms with Gasteiger partial charge in [-0.25, -0.2) is 0 Å². The maximum atomic E-state index is 5.53. The number of ether oxygens (including phenoxy) is 1. The van der Waals surface area contributed by atoms with Crippen molar-refractivity contribution in [1.29, 1.82) is 0 Å². The summed E-state index contributed by atoms with van der Waals surface area (Å²) in [5, 5.41) is 9.37. The average Bonchev–Trinajstić information content (AvgIpc) is 3.18. The minimum absolute atomic E-state index is 0. The summed E-state index contributed by atoms with van der Waals surface area (Å²) in [5.74, 6) is 1.81. The van der Waals surface area contributed by atoms with Crippen molar-refractivity contribution in [2.75, 3.05) is 39.9 Å². The van der Waals surface area contributed by atoms with E-state index in [-0.39, 0.29) is 24.0 Å². The highest BCUT2D eigenvalue weighted by Gasteiger charge is 2.24. The van der Waals surface area contributed by atoms with E-state index < -0.39 is 0 Å². The fraction of sp³-hybridized carbons (Fsp3) is 0.737. The van der Waals surface area contributed by atoms with Gasteiger partial charge < -0.3 is 15.4 Å². The van der Waals surface area contributed by atoms with Gasteiger partial charge in [0.05, 0.1) is 19.3 Å². The van der Waals surface area contributed by atoms with Crippen LogP contribution in [0.5, 0.6) is 0 Å². The first-order chi connectivity index (χ1) is 12.3. The molecule has 0 bridgehead atoms. The third-order valence-electron chi connectivity index (χ3n) is 5.40. The van der Waals surface area contributed by atoms with Gasteiger partial charge >= 0.3 is 0 Å². The van der Waals surface area contributed by atoms with Crippen LogP contribution in [0.2, 0.25) is 0 Å². The molecule has 7 heteroatoms. The second kappa shape index (κ2) is 11.5. The van der Waals surface area contributed by atoms with E-state index in [0.29, 0.717) is 12.1 Å². The van der Waals surface area contributed by atoms with Gasteiger partial charge in [0.15, 0.2) is 5.96 Å². The van der Waals surface area contributed by atoms with Crippen LogP contribution in [0, 0.1) is 5.92 Å². The van der Waals surface area contributed by atoms with Crippen molar-refractivity contribution in [3.05, 3.63) is 22.4 Å². The molecule has 0 amide bonds. The number of halogens is 1. The van der Waals surface area contributed by atoms with Gasteiger partial charge in [0.25, 0.3) is 0 Å². The molecule has 2 N–H and O–H groups in total. The van der Waals surface area contributed by atoms with E-state index in [4.69, 9.17) is 4.74 Å². The molecule has 1 saturated heterocycles. The highest BCUT2D eigenvalue weighted by Crippen LogP contribution is 2.26. The van der Waals surface area contributed by atoms with Crippen LogP contribution < -0.4 is 10.6 Å². The van der Waals surface area contributed by atoms with E-state index in [1.54, 1.807) is 0 Å². The lowest BCUT2D eigenvalue weighted by Gasteiger charge is -2.35. The van der Waals surface area contributed by atoms with Crippen molar-refractivity contribution in [2.24, 2.45) is 10.9 Å². The number of guanidine groups is 1. The predicted molar refractivity (Wildman–Crippen MR) is 121 cm³/mol. The maximum Gasteiger partial charge on any atom is 0.191 e. The lowest BCUT2D eigenvalue weighted by molar-refractivity contribution is 0.0177. The van der Waals surface area contributed by atoms with Crippen LogP contribution in [0.3, 0.4) is 0 Å². The van der Waals surface area contributed by atoms with Crippen molar-refractivity contribution in [2.45, 2.75) is 44.7 Å². The summed E-state index contributed by atoms with van der Waals surface area (Å²) in [6.45, 7) is 6.89. The molecule has 1 aromatic rings. The summed E-state index contributed by atoms with van der Waals surface area (Å²) >= 11 is 1.84. The molecule has 1 aliphatic carbocycles. The minimum atomic E-state index is 0. The fourth-order valence-electron chi connectivity index (χ4n) is 3.77. The van der Waals surface area contributed by atoms with E-state index in [1.807, 2.05) is 18.4 Å². The zero-order chi connectivity index (χ0) is 17.5. The Morgan fingerprint density at radius 2 is 2.04 bits per heavy atom. The highest BCUT2D eigenvalue weighted by molar-refractivity contribution is 14.0. The molecule has 0 spiro atoms. The lowest BCUT2D eigenvalue weighted by Crippen LogP contribution is -2.48. The standard InChI is InChI=1S/C19H32N4OS.HI/c1-15-5-7-16(8-6-15)22-19(20-2)21-14-17(18-4-3-13-25-18)23-9-11-24-12-10-23;/h3-4,13,15-17H,5-12,14H2,1-2H3,(H2,20,21,22);1H. The normalized spacial score (nSPS) is 26.0. The number of hydrogen-bond donors (Lipinski definition) is 2. The Hall–Kier alpha value is -0.380. The Kier molecular flexibility index (Phi) is 9.66. The number of nitrogens with one attached hydrogen (secondary N) is 2. The van der Waals surface area contributed by atoms with Crippen LogP contribution in [0.15, 0.2) is 22.5 Å². The SMILES string of the molecule is CN=C(NCC(c1cccs1)N1CCOCC1)NC1CCC(C)CC1.I. The third-order valence-corrected chi connectivity index (χ3v) is 6.37. The Morgan fingerprint density at radius 1 is 1.31 bits per heavy atom. The molecule has 1 aliphatic heterocycles. The lowest BCUT2D eigenvalue weighted by atomic mass is 9.87. The van der Waals surface area contributed by atoms with Crippen LogP contribution in [0.25, 0.3) is 0 Å². The summed E-state index contributed by atoms with van der Waals surface area (Å²) in [7, 11) is 1.87. The number of thiophene rings is 1. The van der Waals surface area contributed by atoms with Crippen molar-refractivity contribution in [1.82, 2.24) is 15.5 Å². The van der Waals surface area contributed by atoms with Crippen LogP contribution in [0.4, 0.5) is 0 Å². The van der Waals surface area contributed by atoms with Gasteiger partial charge in [-0.05, 0) is 43.0 Å². The second-order valence-electron chi connectivity index (χ2n) is 7.23. The van der Waals surface area contributed by atoms with E-state index >= 15 is 0 Å². The highest BCUT2D eigenvalue weighted by atomic mass is 127. The quantitative estimate of drug-likeness (QED) is 0.376. The molecule has 2 aliphatic rings. The number of nitrogens with zero attached hydrogens (tertiary/aromatic N) is 2. The van der Waals surface area contributed by atoms with E-state index in [9.17, 15) is 0 Å². The summed E-state index contributed by atoms with van der Waals surface area (Å²) in [6.07, 6.45) is 5.14. The molecule has 148 valence electrons. The predicted octanol–water partition coefficient (Wildman–Crippen LogP) is 3.48. The minimum Gasteiger partial charge on any atom is -0.379 e. The monoisotopic (exact) mass is 492 g/mol. The molecule has 1 unspecified atom stereocenters. The first-order valence-corrected chi connectivity index (χ1v) is 10.5. The summed E-state index contributed by atoms with van der Waals surface area (Å²) in [5.41, 5.74) is 0. The van der Waals surface area contributed by atoms with E-state index in [1.165, 1.54) is 30.6 Å². The largest absolute Gasteiger partial charge is 0.379 e. The van der Waals surface area contributed by atoms with Gasteiger partial charge in [0, 0.05) is 37.6 Å². The van der Waals surface area contributed by atoms with Gasteiger partial charge in [0.2, 0.25) is 0 Å². The molecule has 3 rings (SSSR count). The Bertz CT molecular complexity index is 526. The zero-order valence-electron chi connectivity index (χ0n) is 15.9. The molecular formula is C19H33IN4OS. The average molecular weight is 492 g/mol. The van der Waals surface area contributed by atoms with Gasteiger partial charge in [-0.15, -0.1) is 35.3 Å². The number of rotatable bonds is 5. The Balaban J connectivity index is 0.00000243. The molecule has 26 heavy (non-hydrogen) atoms. The summed E-state index contributed by atoms with van der Waals surface area (Å²) in [4.78, 5) is 8.39.